The fraction of sp³-hybridized carbons (Fsp3) is 0.514. The maximum Gasteiger partial charge on any atom is 0.329 e. The lowest BCUT2D eigenvalue weighted by Crippen LogP contribution is -2.44. The predicted octanol–water partition coefficient (Wildman–Crippen LogP) is 1.32. The summed E-state index contributed by atoms with van der Waals surface area (Å²) in [5.41, 5.74) is 9.46. The van der Waals surface area contributed by atoms with Crippen LogP contribution in [0.15, 0.2) is 47.3 Å². The lowest BCUT2D eigenvalue weighted by Gasteiger charge is -2.23. The van der Waals surface area contributed by atoms with E-state index >= 15 is 0 Å². The van der Waals surface area contributed by atoms with Crippen molar-refractivity contribution in [2.45, 2.75) is 83.1 Å². The molecule has 0 bridgehead atoms. The van der Waals surface area contributed by atoms with Crippen LogP contribution in [0.3, 0.4) is 0 Å². The number of rotatable bonds is 23. The number of aryl methyl sites for hydroxylation is 3. The summed E-state index contributed by atoms with van der Waals surface area (Å²) in [6.07, 6.45) is 4.43. The molecule has 1 unspecified atom stereocenters. The number of hydrogen-bond donors (Lipinski definition) is 4. The largest absolute Gasteiger partial charge is 0.379 e. The molecule has 1 fully saturated rings. The van der Waals surface area contributed by atoms with E-state index in [2.05, 4.69) is 16.0 Å². The van der Waals surface area contributed by atoms with Gasteiger partial charge in [-0.15, -0.1) is 0 Å². The highest BCUT2D eigenvalue weighted by Crippen LogP contribution is 2.24. The molecule has 15 heteroatoms. The van der Waals surface area contributed by atoms with Gasteiger partial charge < -0.3 is 30.6 Å². The second-order valence-electron chi connectivity index (χ2n) is 13.0. The van der Waals surface area contributed by atoms with Crippen molar-refractivity contribution in [3.63, 3.8) is 0 Å². The van der Waals surface area contributed by atoms with Gasteiger partial charge in [0.25, 0.3) is 0 Å². The van der Waals surface area contributed by atoms with Gasteiger partial charge >= 0.3 is 5.69 Å². The summed E-state index contributed by atoms with van der Waals surface area (Å²) >= 11 is 0. The number of carbonyl (C=O) groups excluding carboxylic acids is 5. The van der Waals surface area contributed by atoms with Crippen molar-refractivity contribution in [2.75, 3.05) is 33.0 Å². The highest BCUT2D eigenvalue weighted by molar-refractivity contribution is 6.00. The molecule has 1 aromatic heterocycles. The maximum absolute atomic E-state index is 13.0. The molecule has 0 spiro atoms. The van der Waals surface area contributed by atoms with Crippen molar-refractivity contribution < 1.29 is 38.2 Å². The van der Waals surface area contributed by atoms with Crippen LogP contribution in [-0.4, -0.2) is 84.3 Å². The number of nitrogens with one attached hydrogen (secondary N) is 3. The van der Waals surface area contributed by atoms with E-state index in [-0.39, 0.29) is 49.1 Å². The van der Waals surface area contributed by atoms with E-state index in [1.165, 1.54) is 9.13 Å². The number of amides is 5. The highest BCUT2D eigenvalue weighted by Gasteiger charge is 2.31. The van der Waals surface area contributed by atoms with Gasteiger partial charge in [0, 0.05) is 33.0 Å². The Hall–Kier alpha value is -4.86. The van der Waals surface area contributed by atoms with Gasteiger partial charge in [0.15, 0.2) is 0 Å². The third kappa shape index (κ3) is 11.9. The van der Waals surface area contributed by atoms with Crippen LogP contribution >= 0.6 is 0 Å². The Labute approximate surface area is 302 Å². The Morgan fingerprint density at radius 3 is 2.42 bits per heavy atom. The number of hydrogen-bond acceptors (Lipinski definition) is 9. The number of carbonyl (C=O) groups is 5. The number of fused-ring (bicyclic) bond motifs is 1. The monoisotopic (exact) mass is 722 g/mol. The summed E-state index contributed by atoms with van der Waals surface area (Å²) in [5, 5.41) is 7.88. The molecule has 0 saturated carbocycles. The van der Waals surface area contributed by atoms with Gasteiger partial charge in [-0.25, -0.2) is 4.79 Å². The summed E-state index contributed by atoms with van der Waals surface area (Å²) in [6.45, 7) is 3.86. The van der Waals surface area contributed by atoms with E-state index < -0.39 is 17.9 Å². The molecule has 15 nitrogen and oxygen atoms in total. The number of imide groups is 1. The number of nitrogens with two attached hydrogens (primary N) is 1. The van der Waals surface area contributed by atoms with Crippen molar-refractivity contribution in [3.05, 3.63) is 69.6 Å². The number of nitrogens with zero attached hydrogens (tertiary/aromatic N) is 2. The first kappa shape index (κ1) is 39.9. The zero-order chi connectivity index (χ0) is 37.5. The van der Waals surface area contributed by atoms with Crippen LogP contribution in [-0.2, 0) is 64.7 Å². The second-order valence-corrected chi connectivity index (χ2v) is 13.0. The maximum atomic E-state index is 13.0. The lowest BCUT2D eigenvalue weighted by atomic mass is 10.1. The molecule has 3 atom stereocenters. The van der Waals surface area contributed by atoms with Crippen molar-refractivity contribution >= 4 is 41.1 Å². The minimum Gasteiger partial charge on any atom is -0.379 e. The van der Waals surface area contributed by atoms with Crippen LogP contribution in [0, 0.1) is 0 Å². The predicted molar refractivity (Wildman–Crippen MR) is 192 cm³/mol. The molecule has 52 heavy (non-hydrogen) atoms. The molecular formula is C37H50N6O9. The van der Waals surface area contributed by atoms with E-state index in [0.717, 1.165) is 47.9 Å². The zero-order valence-corrected chi connectivity index (χ0v) is 29.9. The van der Waals surface area contributed by atoms with Crippen molar-refractivity contribution in [1.82, 2.24) is 25.1 Å². The van der Waals surface area contributed by atoms with Gasteiger partial charge in [-0.3, -0.25) is 38.4 Å². The minimum absolute atomic E-state index is 0.0422. The SMILES string of the molecule is C[C@@H](OCc1ccc(CCCNC(=O)COCCOCCCc2ccc3c(c2)n(C)c(=O)n3C2CCC(=O)NC2=O)cc1)[C@H](CCC(N)=O)NC=O. The number of ether oxygens (including phenoxy) is 3. The second kappa shape index (κ2) is 20.2. The average molecular weight is 723 g/mol. The zero-order valence-electron chi connectivity index (χ0n) is 29.9. The summed E-state index contributed by atoms with van der Waals surface area (Å²) in [5.74, 6) is -1.39. The van der Waals surface area contributed by atoms with Gasteiger partial charge in [0.2, 0.25) is 30.0 Å². The molecule has 0 radical (unpaired) electrons. The van der Waals surface area contributed by atoms with Crippen LogP contribution in [0.4, 0.5) is 0 Å². The van der Waals surface area contributed by atoms with Gasteiger partial charge in [-0.1, -0.05) is 30.3 Å². The fourth-order valence-electron chi connectivity index (χ4n) is 6.11. The molecule has 2 aromatic carbocycles. The van der Waals surface area contributed by atoms with Crippen molar-refractivity contribution in [3.8, 4) is 0 Å². The third-order valence-corrected chi connectivity index (χ3v) is 9.09. The molecule has 1 aliphatic heterocycles. The van der Waals surface area contributed by atoms with Gasteiger partial charge in [0.1, 0.15) is 12.6 Å². The summed E-state index contributed by atoms with van der Waals surface area (Å²) in [6, 6.07) is 12.7. The molecule has 282 valence electrons. The average Bonchev–Trinajstić information content (AvgIpc) is 3.37. The Morgan fingerprint density at radius 2 is 1.69 bits per heavy atom. The van der Waals surface area contributed by atoms with E-state index in [1.54, 1.807) is 7.05 Å². The highest BCUT2D eigenvalue weighted by atomic mass is 16.5. The standard InChI is InChI=1S/C37H50N6O9/c1-25(29(40-24-44)12-15-33(38)45)52-22-28-9-7-26(8-10-28)5-3-17-39-35(47)23-51-20-19-50-18-4-6-27-11-13-30-32(21-27)42(2)37(49)43(30)31-14-16-34(46)41-36(31)48/h7-11,13,21,24-25,29,31H,3-6,12,14-20,22-23H2,1-2H3,(H2,38,45)(H,39,47)(H,40,44)(H,41,46,48)/t25-,29+,31?/m1/s1. The fourth-order valence-corrected chi connectivity index (χ4v) is 6.11. The first-order chi connectivity index (χ1) is 25.1. The summed E-state index contributed by atoms with van der Waals surface area (Å²) < 4.78 is 20.0. The van der Waals surface area contributed by atoms with Gasteiger partial charge in [0.05, 0.1) is 43.0 Å². The number of aromatic nitrogens is 2. The minimum atomic E-state index is -0.711. The number of imidazole rings is 1. The summed E-state index contributed by atoms with van der Waals surface area (Å²) in [7, 11) is 1.67. The van der Waals surface area contributed by atoms with Crippen LogP contribution in [0.2, 0.25) is 0 Å². The van der Waals surface area contributed by atoms with Gasteiger partial charge in [-0.05, 0) is 74.3 Å². The number of piperidine rings is 1. The quantitative estimate of drug-likeness (QED) is 0.0633. The van der Waals surface area contributed by atoms with E-state index in [9.17, 15) is 28.8 Å². The van der Waals surface area contributed by atoms with Crippen molar-refractivity contribution in [1.29, 1.82) is 0 Å². The Morgan fingerprint density at radius 1 is 0.981 bits per heavy atom. The van der Waals surface area contributed by atoms with E-state index in [0.29, 0.717) is 57.7 Å². The Bertz CT molecular complexity index is 1740. The number of primary amides is 1. The number of benzene rings is 2. The van der Waals surface area contributed by atoms with Crippen molar-refractivity contribution in [2.24, 2.45) is 12.8 Å². The Kier molecular flexibility index (Phi) is 15.5. The van der Waals surface area contributed by atoms with Crippen LogP contribution < -0.4 is 27.4 Å². The van der Waals surface area contributed by atoms with Crippen LogP contribution in [0.25, 0.3) is 11.0 Å². The first-order valence-electron chi connectivity index (χ1n) is 17.7. The molecule has 2 heterocycles. The molecule has 0 aliphatic carbocycles. The smallest absolute Gasteiger partial charge is 0.329 e. The molecule has 4 rings (SSSR count). The normalized spacial score (nSPS) is 15.6. The van der Waals surface area contributed by atoms with Crippen LogP contribution in [0.5, 0.6) is 0 Å². The first-order valence-corrected chi connectivity index (χ1v) is 17.7. The molecule has 5 amide bonds. The molecule has 3 aromatic rings. The summed E-state index contributed by atoms with van der Waals surface area (Å²) in [4.78, 5) is 71.0. The van der Waals surface area contributed by atoms with Gasteiger partial charge in [-0.2, -0.15) is 0 Å². The third-order valence-electron chi connectivity index (χ3n) is 9.09. The molecular weight excluding hydrogens is 672 g/mol. The van der Waals surface area contributed by atoms with E-state index in [4.69, 9.17) is 19.9 Å². The molecule has 5 N–H and O–H groups in total. The molecule has 1 saturated heterocycles. The lowest BCUT2D eigenvalue weighted by molar-refractivity contribution is -0.135. The van der Waals surface area contributed by atoms with E-state index in [1.807, 2.05) is 49.4 Å². The topological polar surface area (TPSA) is 202 Å². The Balaban J connectivity index is 1.04. The molecule has 1 aliphatic rings. The van der Waals surface area contributed by atoms with Crippen LogP contribution in [0.1, 0.15) is 68.2 Å².